The van der Waals surface area contributed by atoms with E-state index in [1.807, 2.05) is 17.8 Å². The Hall–Kier alpha value is -1.54. The summed E-state index contributed by atoms with van der Waals surface area (Å²) >= 11 is 1.85. The lowest BCUT2D eigenvalue weighted by Gasteiger charge is -2.01. The van der Waals surface area contributed by atoms with Gasteiger partial charge in [0, 0.05) is 10.6 Å². The summed E-state index contributed by atoms with van der Waals surface area (Å²) in [5, 5.41) is 0. The zero-order valence-corrected chi connectivity index (χ0v) is 11.5. The maximum absolute atomic E-state index is 5.22. The summed E-state index contributed by atoms with van der Waals surface area (Å²) in [4.78, 5) is 1.32. The molecule has 92 valence electrons. The van der Waals surface area contributed by atoms with Crippen molar-refractivity contribution in [2.45, 2.75) is 18.7 Å². The maximum Gasteiger partial charge on any atom is 0.321 e. The molecule has 0 saturated heterocycles. The summed E-state index contributed by atoms with van der Waals surface area (Å²) in [6.07, 6.45) is 7.96. The summed E-state index contributed by atoms with van der Waals surface area (Å²) in [6.45, 7) is 4.17. The third-order valence-corrected chi connectivity index (χ3v) is 3.93. The monoisotopic (exact) mass is 257 g/mol. The van der Waals surface area contributed by atoms with Crippen molar-refractivity contribution in [2.75, 3.05) is 5.75 Å². The fourth-order valence-corrected chi connectivity index (χ4v) is 2.67. The van der Waals surface area contributed by atoms with Crippen molar-refractivity contribution in [2.24, 2.45) is 0 Å². The molecule has 1 aromatic heterocycles. The number of hydrogen-bond acceptors (Lipinski definition) is 1. The van der Waals surface area contributed by atoms with E-state index in [4.69, 9.17) is 4.42 Å². The topological polar surface area (TPSA) is 11.3 Å². The predicted molar refractivity (Wildman–Crippen MR) is 78.8 cm³/mol. The second-order valence-corrected chi connectivity index (χ2v) is 5.22. The first-order chi connectivity index (χ1) is 8.77. The van der Waals surface area contributed by atoms with E-state index in [9.17, 15) is 0 Å². The molecule has 0 radical (unpaired) electrons. The van der Waals surface area contributed by atoms with Crippen molar-refractivity contribution < 1.29 is 4.42 Å². The van der Waals surface area contributed by atoms with Crippen LogP contribution in [-0.4, -0.2) is 5.75 Å². The van der Waals surface area contributed by atoms with Gasteiger partial charge in [0.25, 0.3) is 0 Å². The molecule has 18 heavy (non-hydrogen) atoms. The van der Waals surface area contributed by atoms with Crippen LogP contribution in [0.25, 0.3) is 6.08 Å². The molecule has 0 aliphatic rings. The number of benzene rings is 1. The van der Waals surface area contributed by atoms with E-state index in [-0.39, 0.29) is 0 Å². The van der Waals surface area contributed by atoms with Crippen molar-refractivity contribution in [3.8, 4) is 0 Å². The first-order valence-electron chi connectivity index (χ1n) is 5.98. The molecule has 0 aliphatic heterocycles. The molecule has 0 amide bonds. The fraction of sp³-hybridized carbons (Fsp3) is 0.188. The number of aryl methyl sites for hydroxylation is 2. The van der Waals surface area contributed by atoms with Gasteiger partial charge in [-0.15, -0.1) is 11.8 Å². The van der Waals surface area contributed by atoms with Gasteiger partial charge in [0.15, 0.2) is 0 Å². The number of rotatable bonds is 4. The summed E-state index contributed by atoms with van der Waals surface area (Å²) < 4.78 is 5.22. The lowest BCUT2D eigenvalue weighted by molar-refractivity contribution is 0.534. The van der Waals surface area contributed by atoms with Gasteiger partial charge in [0.1, 0.15) is 0 Å². The molecule has 1 heterocycles. The first kappa shape index (κ1) is 12.9. The van der Waals surface area contributed by atoms with E-state index < -0.39 is 0 Å². The molecule has 0 bridgehead atoms. The van der Waals surface area contributed by atoms with Gasteiger partial charge in [-0.3, -0.25) is 0 Å². The molecular formula is C16H17OS+. The highest BCUT2D eigenvalue weighted by Gasteiger charge is 2.08. The zero-order chi connectivity index (χ0) is 12.8. The molecule has 0 unspecified atom stereocenters. The summed E-state index contributed by atoms with van der Waals surface area (Å²) in [5.74, 6) is 0.973. The van der Waals surface area contributed by atoms with Crippen LogP contribution in [0.15, 0.2) is 58.2 Å². The van der Waals surface area contributed by atoms with Gasteiger partial charge in [-0.05, 0) is 19.4 Å². The van der Waals surface area contributed by atoms with Crippen LogP contribution in [0.5, 0.6) is 0 Å². The highest BCUT2D eigenvalue weighted by Crippen LogP contribution is 2.26. The molecular weight excluding hydrogens is 240 g/mol. The van der Waals surface area contributed by atoms with E-state index in [2.05, 4.69) is 50.3 Å². The maximum atomic E-state index is 5.22. The van der Waals surface area contributed by atoms with Gasteiger partial charge < -0.3 is 0 Å². The molecule has 1 nitrogen and oxygen atoms in total. The molecule has 0 aliphatic carbocycles. The Bertz CT molecular complexity index is 512. The second-order valence-electron chi connectivity index (χ2n) is 4.19. The molecule has 0 saturated carbocycles. The minimum atomic E-state index is 0.973. The largest absolute Gasteiger partial charge is 0.321 e. The number of hydrogen-bond donors (Lipinski definition) is 0. The molecule has 2 aromatic rings. The molecule has 2 rings (SSSR count). The van der Waals surface area contributed by atoms with Crippen LogP contribution < -0.4 is 0 Å². The van der Waals surface area contributed by atoms with Gasteiger partial charge in [0.2, 0.25) is 0 Å². The molecule has 1 aromatic carbocycles. The van der Waals surface area contributed by atoms with E-state index in [0.29, 0.717) is 0 Å². The van der Waals surface area contributed by atoms with Crippen LogP contribution in [0.3, 0.4) is 0 Å². The normalized spacial score (nSPS) is 11.0. The third kappa shape index (κ3) is 3.47. The first-order valence-corrected chi connectivity index (χ1v) is 6.97. The minimum absolute atomic E-state index is 0.973. The van der Waals surface area contributed by atoms with E-state index >= 15 is 0 Å². The summed E-state index contributed by atoms with van der Waals surface area (Å²) in [6, 6.07) is 10.4. The average molecular weight is 257 g/mol. The number of thioether (sulfide) groups is 1. The standard InChI is InChI=1S/C16H17OS/c1-13-11-17-12-14(2)16(13)18-10-6-9-15-7-4-3-5-8-15/h3-9,11-12H,10H2,1-2H3/q+1/b9-6+. The highest BCUT2D eigenvalue weighted by molar-refractivity contribution is 7.99. The van der Waals surface area contributed by atoms with Crippen molar-refractivity contribution in [1.29, 1.82) is 0 Å². The van der Waals surface area contributed by atoms with Crippen LogP contribution >= 0.6 is 11.8 Å². The van der Waals surface area contributed by atoms with Crippen molar-refractivity contribution >= 4 is 17.8 Å². The molecule has 0 N–H and O–H groups in total. The Morgan fingerprint density at radius 2 is 1.72 bits per heavy atom. The third-order valence-electron chi connectivity index (χ3n) is 2.64. The Morgan fingerprint density at radius 3 is 2.39 bits per heavy atom. The Kier molecular flexibility index (Phi) is 4.59. The fourth-order valence-electron chi connectivity index (χ4n) is 1.76. The van der Waals surface area contributed by atoms with E-state index in [1.165, 1.54) is 21.6 Å². The molecule has 0 spiro atoms. The van der Waals surface area contributed by atoms with E-state index in [0.717, 1.165) is 5.75 Å². The zero-order valence-electron chi connectivity index (χ0n) is 10.7. The van der Waals surface area contributed by atoms with Gasteiger partial charge >= 0.3 is 12.5 Å². The lowest BCUT2D eigenvalue weighted by atomic mass is 10.2. The van der Waals surface area contributed by atoms with Crippen LogP contribution in [0.1, 0.15) is 16.7 Å². The predicted octanol–water partition coefficient (Wildman–Crippen LogP) is 4.98. The quantitative estimate of drug-likeness (QED) is 0.565. The average Bonchev–Trinajstić information content (AvgIpc) is 2.38. The van der Waals surface area contributed by atoms with Crippen LogP contribution in [0.4, 0.5) is 0 Å². The highest BCUT2D eigenvalue weighted by atomic mass is 32.2. The summed E-state index contributed by atoms with van der Waals surface area (Å²) in [5.41, 5.74) is 3.65. The Balaban J connectivity index is 1.95. The van der Waals surface area contributed by atoms with Crippen molar-refractivity contribution in [1.82, 2.24) is 0 Å². The van der Waals surface area contributed by atoms with Gasteiger partial charge in [-0.1, -0.05) is 42.5 Å². The smallest absolute Gasteiger partial charge is 0.224 e. The van der Waals surface area contributed by atoms with Crippen LogP contribution in [0, 0.1) is 13.8 Å². The second kappa shape index (κ2) is 6.41. The SMILES string of the molecule is Cc1c[o+]cc(C)c1SC/C=C/c1ccccc1. The summed E-state index contributed by atoms with van der Waals surface area (Å²) in [7, 11) is 0. The van der Waals surface area contributed by atoms with Gasteiger partial charge in [-0.2, -0.15) is 0 Å². The molecule has 0 fully saturated rings. The van der Waals surface area contributed by atoms with Crippen LogP contribution in [0.2, 0.25) is 0 Å². The Morgan fingerprint density at radius 1 is 1.06 bits per heavy atom. The van der Waals surface area contributed by atoms with Crippen molar-refractivity contribution in [3.63, 3.8) is 0 Å². The van der Waals surface area contributed by atoms with Crippen molar-refractivity contribution in [3.05, 3.63) is 65.6 Å². The minimum Gasteiger partial charge on any atom is -0.224 e. The lowest BCUT2D eigenvalue weighted by Crippen LogP contribution is -1.85. The van der Waals surface area contributed by atoms with Gasteiger partial charge in [0.05, 0.1) is 11.1 Å². The Labute approximate surface area is 113 Å². The van der Waals surface area contributed by atoms with E-state index in [1.54, 1.807) is 12.5 Å². The van der Waals surface area contributed by atoms with Gasteiger partial charge in [-0.25, -0.2) is 4.42 Å². The van der Waals surface area contributed by atoms with Crippen LogP contribution in [-0.2, 0) is 0 Å². The molecule has 0 atom stereocenters. The molecule has 2 heteroatoms.